The van der Waals surface area contributed by atoms with Crippen molar-refractivity contribution in [2.45, 2.75) is 24.9 Å². The lowest BCUT2D eigenvalue weighted by Gasteiger charge is -2.03. The molecule has 0 aliphatic carbocycles. The molecule has 2 heterocycles. The van der Waals surface area contributed by atoms with Crippen molar-refractivity contribution >= 4 is 15.8 Å². The van der Waals surface area contributed by atoms with Gasteiger partial charge in [-0.05, 0) is 20.0 Å². The van der Waals surface area contributed by atoms with Crippen molar-refractivity contribution in [3.63, 3.8) is 0 Å². The first-order valence-electron chi connectivity index (χ1n) is 6.32. The van der Waals surface area contributed by atoms with Crippen LogP contribution in [0.5, 0.6) is 0 Å². The van der Waals surface area contributed by atoms with Crippen LogP contribution in [0.1, 0.15) is 12.6 Å². The number of rotatable bonds is 6. The predicted molar refractivity (Wildman–Crippen MR) is 76.9 cm³/mol. The zero-order valence-corrected chi connectivity index (χ0v) is 12.6. The fourth-order valence-corrected chi connectivity index (χ4v) is 3.02. The maximum absolute atomic E-state index is 12.3. The fourth-order valence-electron chi connectivity index (χ4n) is 1.96. The van der Waals surface area contributed by atoms with Crippen molar-refractivity contribution < 1.29 is 8.42 Å². The van der Waals surface area contributed by atoms with Crippen LogP contribution in [0.25, 0.3) is 0 Å². The van der Waals surface area contributed by atoms with Crippen LogP contribution in [0, 0.1) is 0 Å². The number of aryl methyl sites for hydroxylation is 2. The lowest BCUT2D eigenvalue weighted by molar-refractivity contribution is 0.600. The number of sulfonamides is 1. The SMILES string of the molecule is CCn1cc(S(=O)(=O)Nc2ccn(C)n2)cc1CNC. The Bertz CT molecular complexity index is 687. The first-order valence-corrected chi connectivity index (χ1v) is 7.80. The van der Waals surface area contributed by atoms with Gasteiger partial charge in [0, 0.05) is 44.3 Å². The zero-order chi connectivity index (χ0) is 14.8. The van der Waals surface area contributed by atoms with Crippen LogP contribution in [-0.4, -0.2) is 29.8 Å². The highest BCUT2D eigenvalue weighted by molar-refractivity contribution is 7.92. The van der Waals surface area contributed by atoms with Crippen LogP contribution in [0.15, 0.2) is 29.4 Å². The second-order valence-electron chi connectivity index (χ2n) is 4.46. The van der Waals surface area contributed by atoms with Crippen molar-refractivity contribution in [1.29, 1.82) is 0 Å². The van der Waals surface area contributed by atoms with Gasteiger partial charge in [-0.3, -0.25) is 9.40 Å². The van der Waals surface area contributed by atoms with Gasteiger partial charge in [0.05, 0.1) is 0 Å². The highest BCUT2D eigenvalue weighted by Crippen LogP contribution is 2.17. The predicted octanol–water partition coefficient (Wildman–Crippen LogP) is 0.762. The third-order valence-electron chi connectivity index (χ3n) is 2.92. The van der Waals surface area contributed by atoms with Crippen LogP contribution in [0.4, 0.5) is 5.82 Å². The summed E-state index contributed by atoms with van der Waals surface area (Å²) < 4.78 is 30.5. The number of aromatic nitrogens is 3. The van der Waals surface area contributed by atoms with E-state index in [-0.39, 0.29) is 4.90 Å². The normalized spacial score (nSPS) is 11.8. The molecule has 0 saturated heterocycles. The minimum absolute atomic E-state index is 0.246. The molecule has 0 amide bonds. The lowest BCUT2D eigenvalue weighted by Crippen LogP contribution is -2.13. The summed E-state index contributed by atoms with van der Waals surface area (Å²) in [5, 5.41) is 7.04. The summed E-state index contributed by atoms with van der Waals surface area (Å²) in [5.41, 5.74) is 0.927. The van der Waals surface area contributed by atoms with Crippen LogP contribution in [0.2, 0.25) is 0 Å². The average molecular weight is 297 g/mol. The molecular weight excluding hydrogens is 278 g/mol. The van der Waals surface area contributed by atoms with E-state index < -0.39 is 10.0 Å². The Morgan fingerprint density at radius 3 is 2.70 bits per heavy atom. The molecule has 8 heteroatoms. The first-order chi connectivity index (χ1) is 9.46. The number of hydrogen-bond donors (Lipinski definition) is 2. The molecule has 0 spiro atoms. The topological polar surface area (TPSA) is 81.0 Å². The minimum atomic E-state index is -3.60. The number of nitrogens with zero attached hydrogens (tertiary/aromatic N) is 3. The van der Waals surface area contributed by atoms with E-state index in [1.807, 2.05) is 18.5 Å². The van der Waals surface area contributed by atoms with Gasteiger partial charge in [-0.15, -0.1) is 0 Å². The molecule has 20 heavy (non-hydrogen) atoms. The summed E-state index contributed by atoms with van der Waals surface area (Å²) in [4.78, 5) is 0.246. The van der Waals surface area contributed by atoms with Gasteiger partial charge < -0.3 is 9.88 Å². The Labute approximate surface area is 118 Å². The van der Waals surface area contributed by atoms with E-state index in [9.17, 15) is 8.42 Å². The molecule has 2 N–H and O–H groups in total. The van der Waals surface area contributed by atoms with Crippen molar-refractivity contribution in [2.75, 3.05) is 11.8 Å². The zero-order valence-electron chi connectivity index (χ0n) is 11.8. The summed E-state index contributed by atoms with van der Waals surface area (Å²) in [7, 11) is -0.0453. The molecular formula is C12H19N5O2S. The quantitative estimate of drug-likeness (QED) is 0.825. The van der Waals surface area contributed by atoms with Gasteiger partial charge in [-0.1, -0.05) is 0 Å². The second-order valence-corrected chi connectivity index (χ2v) is 6.15. The van der Waals surface area contributed by atoms with Gasteiger partial charge in [-0.25, -0.2) is 8.42 Å². The highest BCUT2D eigenvalue weighted by Gasteiger charge is 2.19. The Morgan fingerprint density at radius 2 is 2.15 bits per heavy atom. The lowest BCUT2D eigenvalue weighted by atomic mass is 10.4. The minimum Gasteiger partial charge on any atom is -0.349 e. The number of nitrogens with one attached hydrogen (secondary N) is 2. The molecule has 2 aromatic rings. The second kappa shape index (κ2) is 5.68. The summed E-state index contributed by atoms with van der Waals surface area (Å²) in [6.45, 7) is 3.31. The fraction of sp³-hybridized carbons (Fsp3) is 0.417. The molecule has 0 aliphatic heterocycles. The van der Waals surface area contributed by atoms with Gasteiger partial charge in [-0.2, -0.15) is 5.10 Å². The van der Waals surface area contributed by atoms with E-state index in [1.165, 1.54) is 0 Å². The van der Waals surface area contributed by atoms with Crippen LogP contribution < -0.4 is 10.0 Å². The van der Waals surface area contributed by atoms with Gasteiger partial charge >= 0.3 is 0 Å². The van der Waals surface area contributed by atoms with Crippen LogP contribution in [-0.2, 0) is 30.2 Å². The maximum Gasteiger partial charge on any atom is 0.264 e. The van der Waals surface area contributed by atoms with Gasteiger partial charge in [0.2, 0.25) is 0 Å². The number of anilines is 1. The standard InChI is InChI=1S/C12H19N5O2S/c1-4-17-9-11(7-10(17)8-13-2)20(18,19)15-12-5-6-16(3)14-12/h5-7,9,13H,4,8H2,1-3H3,(H,14,15). The maximum atomic E-state index is 12.3. The molecule has 0 bridgehead atoms. The number of hydrogen-bond acceptors (Lipinski definition) is 4. The van der Waals surface area contributed by atoms with E-state index in [4.69, 9.17) is 0 Å². The molecule has 2 rings (SSSR count). The smallest absolute Gasteiger partial charge is 0.264 e. The molecule has 0 aromatic carbocycles. The molecule has 0 aliphatic rings. The molecule has 0 fully saturated rings. The van der Waals surface area contributed by atoms with Crippen molar-refractivity contribution in [3.8, 4) is 0 Å². The van der Waals surface area contributed by atoms with E-state index in [2.05, 4.69) is 15.1 Å². The summed E-state index contributed by atoms with van der Waals surface area (Å²) in [6.07, 6.45) is 3.32. The van der Waals surface area contributed by atoms with E-state index in [0.29, 0.717) is 12.4 Å². The Kier molecular flexibility index (Phi) is 4.15. The van der Waals surface area contributed by atoms with Crippen molar-refractivity contribution in [3.05, 3.63) is 30.2 Å². The molecule has 2 aromatic heterocycles. The Hall–Kier alpha value is -1.80. The highest BCUT2D eigenvalue weighted by atomic mass is 32.2. The van der Waals surface area contributed by atoms with Crippen molar-refractivity contribution in [2.24, 2.45) is 7.05 Å². The summed E-state index contributed by atoms with van der Waals surface area (Å²) >= 11 is 0. The van der Waals surface area contributed by atoms with Gasteiger partial charge in [0.15, 0.2) is 5.82 Å². The molecule has 0 saturated carbocycles. The first kappa shape index (κ1) is 14.6. The summed E-state index contributed by atoms with van der Waals surface area (Å²) in [5.74, 6) is 0.312. The van der Waals surface area contributed by atoms with Crippen molar-refractivity contribution in [1.82, 2.24) is 19.7 Å². The average Bonchev–Trinajstić information content (AvgIpc) is 2.96. The molecule has 0 atom stereocenters. The van der Waals surface area contributed by atoms with Gasteiger partial charge in [0.1, 0.15) is 4.90 Å². The molecule has 7 nitrogen and oxygen atoms in total. The van der Waals surface area contributed by atoms with E-state index >= 15 is 0 Å². The molecule has 0 unspecified atom stereocenters. The van der Waals surface area contributed by atoms with E-state index in [1.54, 1.807) is 36.3 Å². The third-order valence-corrected chi connectivity index (χ3v) is 4.24. The van der Waals surface area contributed by atoms with Crippen LogP contribution >= 0.6 is 0 Å². The molecule has 0 radical (unpaired) electrons. The van der Waals surface area contributed by atoms with Gasteiger partial charge in [0.25, 0.3) is 10.0 Å². The third kappa shape index (κ3) is 3.02. The molecule has 110 valence electrons. The van der Waals surface area contributed by atoms with Crippen LogP contribution in [0.3, 0.4) is 0 Å². The Morgan fingerprint density at radius 1 is 1.40 bits per heavy atom. The largest absolute Gasteiger partial charge is 0.349 e. The summed E-state index contributed by atoms with van der Waals surface area (Å²) in [6, 6.07) is 3.29. The Balaban J connectivity index is 2.29. The monoisotopic (exact) mass is 297 g/mol. The van der Waals surface area contributed by atoms with E-state index in [0.717, 1.165) is 12.2 Å².